The molecule has 1 saturated carbocycles. The maximum absolute atomic E-state index is 15.0. The van der Waals surface area contributed by atoms with Gasteiger partial charge >= 0.3 is 6.18 Å². The highest BCUT2D eigenvalue weighted by atomic mass is 19.4. The predicted octanol–water partition coefficient (Wildman–Crippen LogP) is 5.05. The molecule has 1 saturated heterocycles. The first-order valence-electron chi connectivity index (χ1n) is 12.0. The number of fused-ring (bicyclic) bond motifs is 1. The summed E-state index contributed by atoms with van der Waals surface area (Å²) >= 11 is 0. The molecule has 37 heavy (non-hydrogen) atoms. The molecule has 0 amide bonds. The lowest BCUT2D eigenvalue weighted by molar-refractivity contribution is -0.137. The predicted molar refractivity (Wildman–Crippen MR) is 126 cm³/mol. The zero-order valence-electron chi connectivity index (χ0n) is 20.1. The van der Waals surface area contributed by atoms with Gasteiger partial charge in [-0.05, 0) is 44.9 Å². The molecule has 2 aliphatic rings. The highest BCUT2D eigenvalue weighted by Gasteiger charge is 2.33. The van der Waals surface area contributed by atoms with Crippen molar-refractivity contribution in [3.8, 4) is 11.3 Å². The lowest BCUT2D eigenvalue weighted by Gasteiger charge is -2.36. The number of hydrogen-bond donors (Lipinski definition) is 0. The summed E-state index contributed by atoms with van der Waals surface area (Å²) in [6.07, 6.45) is 2.40. The molecule has 12 heteroatoms. The third kappa shape index (κ3) is 4.61. The molecule has 1 aliphatic carbocycles. The van der Waals surface area contributed by atoms with Gasteiger partial charge in [-0.25, -0.2) is 19.3 Å². The number of anilines is 1. The Labute approximate surface area is 209 Å². The SMILES string of the molecule is Cc1cnc2c(-c3ccc(C(F)(F)F)cc3F)nc(N3C[C@@H](C)O[C@H](c4cnn(C5CC5)c4)C3)nc2n1. The molecule has 1 aromatic carbocycles. The molecule has 0 radical (unpaired) electrons. The van der Waals surface area contributed by atoms with Crippen LogP contribution in [0, 0.1) is 12.7 Å². The molecular formula is C25H23F4N7O. The number of ether oxygens (including phenoxy) is 1. The van der Waals surface area contributed by atoms with E-state index in [1.165, 1.54) is 6.20 Å². The van der Waals surface area contributed by atoms with Gasteiger partial charge in [0.05, 0.1) is 36.1 Å². The van der Waals surface area contributed by atoms with Gasteiger partial charge in [0.2, 0.25) is 5.95 Å². The Kier molecular flexibility index (Phi) is 5.59. The molecule has 3 aromatic heterocycles. The van der Waals surface area contributed by atoms with E-state index in [4.69, 9.17) is 4.74 Å². The van der Waals surface area contributed by atoms with E-state index in [1.807, 2.05) is 22.7 Å². The van der Waals surface area contributed by atoms with Crippen LogP contribution in [-0.4, -0.2) is 48.9 Å². The van der Waals surface area contributed by atoms with Gasteiger partial charge < -0.3 is 9.64 Å². The number of hydrogen-bond acceptors (Lipinski definition) is 7. The van der Waals surface area contributed by atoms with Gasteiger partial charge in [0.1, 0.15) is 23.1 Å². The molecule has 2 fully saturated rings. The van der Waals surface area contributed by atoms with Crippen molar-refractivity contribution in [3.05, 3.63) is 59.4 Å². The molecule has 0 N–H and O–H groups in total. The van der Waals surface area contributed by atoms with Gasteiger partial charge in [-0.3, -0.25) is 4.68 Å². The average molecular weight is 513 g/mol. The van der Waals surface area contributed by atoms with Crippen molar-refractivity contribution >= 4 is 17.1 Å². The molecule has 6 rings (SSSR count). The molecule has 4 aromatic rings. The number of halogens is 4. The van der Waals surface area contributed by atoms with Crippen LogP contribution in [0.1, 0.15) is 48.7 Å². The summed E-state index contributed by atoms with van der Waals surface area (Å²) in [5, 5.41) is 4.46. The Hall–Kier alpha value is -3.67. The van der Waals surface area contributed by atoms with Crippen LogP contribution in [0.3, 0.4) is 0 Å². The van der Waals surface area contributed by atoms with Gasteiger partial charge in [0.25, 0.3) is 0 Å². The molecule has 0 bridgehead atoms. The van der Waals surface area contributed by atoms with E-state index in [-0.39, 0.29) is 40.6 Å². The topological polar surface area (TPSA) is 81.9 Å². The Morgan fingerprint density at radius 3 is 2.59 bits per heavy atom. The number of alkyl halides is 3. The van der Waals surface area contributed by atoms with E-state index < -0.39 is 17.6 Å². The van der Waals surface area contributed by atoms with Crippen LogP contribution in [0.25, 0.3) is 22.4 Å². The van der Waals surface area contributed by atoms with Crippen LogP contribution in [-0.2, 0) is 10.9 Å². The number of benzene rings is 1. The van der Waals surface area contributed by atoms with Gasteiger partial charge in [-0.2, -0.15) is 23.3 Å². The summed E-state index contributed by atoms with van der Waals surface area (Å²) in [6.45, 7) is 4.57. The molecule has 8 nitrogen and oxygen atoms in total. The summed E-state index contributed by atoms with van der Waals surface area (Å²) in [5.41, 5.74) is 0.865. The summed E-state index contributed by atoms with van der Waals surface area (Å²) in [5.74, 6) is -0.778. The van der Waals surface area contributed by atoms with Gasteiger partial charge in [0.15, 0.2) is 5.65 Å². The molecule has 4 heterocycles. The second-order valence-electron chi connectivity index (χ2n) is 9.57. The van der Waals surface area contributed by atoms with Gasteiger partial charge in [0, 0.05) is 30.1 Å². The van der Waals surface area contributed by atoms with Crippen molar-refractivity contribution in [1.29, 1.82) is 0 Å². The first-order chi connectivity index (χ1) is 17.7. The van der Waals surface area contributed by atoms with E-state index in [0.717, 1.165) is 30.5 Å². The zero-order chi connectivity index (χ0) is 25.9. The van der Waals surface area contributed by atoms with Crippen molar-refractivity contribution in [3.63, 3.8) is 0 Å². The lowest BCUT2D eigenvalue weighted by Crippen LogP contribution is -2.43. The van der Waals surface area contributed by atoms with Crippen LogP contribution < -0.4 is 4.90 Å². The minimum absolute atomic E-state index is 0.0796. The van der Waals surface area contributed by atoms with Crippen molar-refractivity contribution < 1.29 is 22.3 Å². The van der Waals surface area contributed by atoms with Crippen LogP contribution in [0.15, 0.2) is 36.8 Å². The molecule has 2 atom stereocenters. The number of aryl methyl sites for hydroxylation is 1. The van der Waals surface area contributed by atoms with E-state index >= 15 is 4.39 Å². The first-order valence-corrected chi connectivity index (χ1v) is 12.0. The molecule has 0 spiro atoms. The number of aromatic nitrogens is 6. The van der Waals surface area contributed by atoms with Crippen LogP contribution in [0.5, 0.6) is 0 Å². The Morgan fingerprint density at radius 2 is 1.86 bits per heavy atom. The fourth-order valence-corrected chi connectivity index (χ4v) is 4.55. The summed E-state index contributed by atoms with van der Waals surface area (Å²) in [6, 6.07) is 2.81. The van der Waals surface area contributed by atoms with Crippen LogP contribution >= 0.6 is 0 Å². The Morgan fingerprint density at radius 1 is 1.05 bits per heavy atom. The van der Waals surface area contributed by atoms with Crippen molar-refractivity contribution in [2.24, 2.45) is 0 Å². The molecule has 192 valence electrons. The summed E-state index contributed by atoms with van der Waals surface area (Å²) in [4.78, 5) is 19.9. The molecular weight excluding hydrogens is 490 g/mol. The normalized spacial score (nSPS) is 20.5. The Balaban J connectivity index is 1.41. The number of morpholine rings is 1. The molecule has 0 unspecified atom stereocenters. The van der Waals surface area contributed by atoms with Crippen molar-refractivity contribution in [2.45, 2.75) is 51.1 Å². The highest BCUT2D eigenvalue weighted by molar-refractivity contribution is 5.88. The quantitative estimate of drug-likeness (QED) is 0.353. The van der Waals surface area contributed by atoms with Crippen molar-refractivity contribution in [2.75, 3.05) is 18.0 Å². The van der Waals surface area contributed by atoms with Gasteiger partial charge in [-0.1, -0.05) is 0 Å². The number of nitrogens with zero attached hydrogens (tertiary/aromatic N) is 7. The third-order valence-corrected chi connectivity index (χ3v) is 6.53. The highest BCUT2D eigenvalue weighted by Crippen LogP contribution is 2.37. The average Bonchev–Trinajstić information content (AvgIpc) is 3.58. The fraction of sp³-hybridized carbons (Fsp3) is 0.400. The van der Waals surface area contributed by atoms with E-state index in [1.54, 1.807) is 13.1 Å². The maximum Gasteiger partial charge on any atom is 0.416 e. The minimum atomic E-state index is -4.67. The van der Waals surface area contributed by atoms with Crippen LogP contribution in [0.4, 0.5) is 23.5 Å². The fourth-order valence-electron chi connectivity index (χ4n) is 4.55. The molecule has 1 aliphatic heterocycles. The summed E-state index contributed by atoms with van der Waals surface area (Å²) < 4.78 is 62.5. The first kappa shape index (κ1) is 23.7. The smallest absolute Gasteiger partial charge is 0.367 e. The maximum atomic E-state index is 15.0. The third-order valence-electron chi connectivity index (χ3n) is 6.53. The van der Waals surface area contributed by atoms with E-state index in [2.05, 4.69) is 25.0 Å². The van der Waals surface area contributed by atoms with Gasteiger partial charge in [-0.15, -0.1) is 0 Å². The zero-order valence-corrected chi connectivity index (χ0v) is 20.1. The minimum Gasteiger partial charge on any atom is -0.367 e. The van der Waals surface area contributed by atoms with Crippen molar-refractivity contribution in [1.82, 2.24) is 29.7 Å². The second kappa shape index (κ2) is 8.72. The van der Waals surface area contributed by atoms with E-state index in [9.17, 15) is 13.2 Å². The summed E-state index contributed by atoms with van der Waals surface area (Å²) in [7, 11) is 0. The lowest BCUT2D eigenvalue weighted by atomic mass is 10.1. The largest absolute Gasteiger partial charge is 0.416 e. The van der Waals surface area contributed by atoms with Crippen LogP contribution in [0.2, 0.25) is 0 Å². The van der Waals surface area contributed by atoms with E-state index in [0.29, 0.717) is 30.9 Å². The standard InChI is InChI=1S/C25H23F4N7O/c1-13-8-30-22-21(18-6-3-16(7-19(18)26)25(27,28)29)33-24(34-23(22)32-13)35-10-14(2)37-20(12-35)15-9-31-36(11-15)17-4-5-17/h3,6-9,11,14,17,20H,4-5,10,12H2,1-2H3/t14-,20+/m1/s1. The number of rotatable bonds is 4. The second-order valence-corrected chi connectivity index (χ2v) is 9.57. The Bertz CT molecular complexity index is 1480. The monoisotopic (exact) mass is 513 g/mol.